The highest BCUT2D eigenvalue weighted by Gasteiger charge is 2.38. The number of carboxylic acid groups (broad SMARTS) is 1. The molecule has 3 N–H and O–H groups in total. The summed E-state index contributed by atoms with van der Waals surface area (Å²) >= 11 is 0. The van der Waals surface area contributed by atoms with Crippen LogP contribution in [0.15, 0.2) is 18.2 Å². The van der Waals surface area contributed by atoms with Gasteiger partial charge in [-0.05, 0) is 25.0 Å². The van der Waals surface area contributed by atoms with Crippen LogP contribution in [0.3, 0.4) is 0 Å². The van der Waals surface area contributed by atoms with E-state index in [1.54, 1.807) is 25.1 Å². The number of nitrogens with zero attached hydrogens (tertiary/aromatic N) is 1. The van der Waals surface area contributed by atoms with E-state index in [0.717, 1.165) is 0 Å². The number of hydrogen-bond acceptors (Lipinski definition) is 6. The molecule has 1 aromatic rings. The predicted molar refractivity (Wildman–Crippen MR) is 115 cm³/mol. The van der Waals surface area contributed by atoms with Crippen molar-refractivity contribution < 1.29 is 33.8 Å². The van der Waals surface area contributed by atoms with Crippen LogP contribution in [0, 0.1) is 11.8 Å². The molecule has 0 radical (unpaired) electrons. The summed E-state index contributed by atoms with van der Waals surface area (Å²) in [4.78, 5) is 50.7. The molecule has 10 heteroatoms. The third kappa shape index (κ3) is 5.12. The number of fused-ring (bicyclic) bond motifs is 1. The van der Waals surface area contributed by atoms with Gasteiger partial charge >= 0.3 is 5.97 Å². The fraction of sp³-hybridized carbons (Fsp3) is 0.545. The van der Waals surface area contributed by atoms with E-state index in [9.17, 15) is 19.2 Å². The first-order valence-corrected chi connectivity index (χ1v) is 10.7. The van der Waals surface area contributed by atoms with Crippen LogP contribution in [0.2, 0.25) is 0 Å². The lowest BCUT2D eigenvalue weighted by Crippen LogP contribution is -2.54. The van der Waals surface area contributed by atoms with Crippen LogP contribution in [0.5, 0.6) is 11.5 Å². The number of aliphatic carboxylic acids is 1. The van der Waals surface area contributed by atoms with Crippen molar-refractivity contribution >= 4 is 29.4 Å². The first-order valence-electron chi connectivity index (χ1n) is 10.7. The highest BCUT2D eigenvalue weighted by atomic mass is 16.6. The molecule has 0 saturated carbocycles. The molecule has 3 amide bonds. The Bertz CT molecular complexity index is 904. The largest absolute Gasteiger partial charge is 0.486 e. The van der Waals surface area contributed by atoms with Gasteiger partial charge in [0.1, 0.15) is 25.3 Å². The lowest BCUT2D eigenvalue weighted by molar-refractivity contribution is -0.142. The quantitative estimate of drug-likeness (QED) is 0.540. The van der Waals surface area contributed by atoms with Gasteiger partial charge in [0.15, 0.2) is 11.5 Å². The smallest absolute Gasteiger partial charge is 0.325 e. The number of hydrogen-bond donors (Lipinski definition) is 3. The molecule has 1 fully saturated rings. The molecule has 1 aromatic carbocycles. The normalized spacial score (nSPS) is 20.3. The topological polar surface area (TPSA) is 134 Å². The van der Waals surface area contributed by atoms with Gasteiger partial charge in [-0.3, -0.25) is 19.2 Å². The van der Waals surface area contributed by atoms with Gasteiger partial charge in [0.2, 0.25) is 17.7 Å². The van der Waals surface area contributed by atoms with Crippen LogP contribution in [0.25, 0.3) is 0 Å². The fourth-order valence-corrected chi connectivity index (χ4v) is 3.67. The predicted octanol–water partition coefficient (Wildman–Crippen LogP) is 0.931. The Morgan fingerprint density at radius 1 is 1.16 bits per heavy atom. The van der Waals surface area contributed by atoms with Crippen LogP contribution in [-0.2, 0) is 19.2 Å². The van der Waals surface area contributed by atoms with Crippen molar-refractivity contribution in [3.8, 4) is 11.5 Å². The Labute approximate surface area is 186 Å². The number of carbonyl (C=O) groups is 4. The molecule has 3 rings (SSSR count). The molecular formula is C22H29N3O7. The van der Waals surface area contributed by atoms with Crippen LogP contribution in [0.1, 0.15) is 33.6 Å². The van der Waals surface area contributed by atoms with E-state index in [-0.39, 0.29) is 24.8 Å². The summed E-state index contributed by atoms with van der Waals surface area (Å²) in [5.41, 5.74) is 0.612. The standard InChI is InChI=1S/C22H29N3O7/c1-4-12(2)19(21(28)23-13(3)22(29)30)24-20(27)14-9-18(26)25(11-14)15-5-6-16-17(10-15)32-8-7-31-16/h5-6,10,12-14,19H,4,7-9,11H2,1-3H3,(H,23,28)(H,24,27)(H,29,30)/t12-,13+,14-,19+/m1/s1. The van der Waals surface area contributed by atoms with Gasteiger partial charge in [0, 0.05) is 24.7 Å². The Balaban J connectivity index is 1.68. The van der Waals surface area contributed by atoms with Gasteiger partial charge in [-0.15, -0.1) is 0 Å². The fourth-order valence-electron chi connectivity index (χ4n) is 3.67. The van der Waals surface area contributed by atoms with Crippen molar-refractivity contribution in [2.24, 2.45) is 11.8 Å². The molecule has 2 heterocycles. The zero-order valence-corrected chi connectivity index (χ0v) is 18.4. The summed E-state index contributed by atoms with van der Waals surface area (Å²) in [6.07, 6.45) is 0.618. The molecule has 0 aromatic heterocycles. The molecule has 0 spiro atoms. The molecular weight excluding hydrogens is 418 g/mol. The molecule has 2 aliphatic heterocycles. The van der Waals surface area contributed by atoms with E-state index < -0.39 is 35.8 Å². The second kappa shape index (κ2) is 9.88. The van der Waals surface area contributed by atoms with Crippen LogP contribution < -0.4 is 25.0 Å². The maximum Gasteiger partial charge on any atom is 0.325 e. The molecule has 1 saturated heterocycles. The number of amides is 3. The highest BCUT2D eigenvalue weighted by Crippen LogP contribution is 2.36. The van der Waals surface area contributed by atoms with E-state index in [1.807, 2.05) is 6.92 Å². The molecule has 32 heavy (non-hydrogen) atoms. The Kier molecular flexibility index (Phi) is 7.22. The number of rotatable bonds is 8. The first kappa shape index (κ1) is 23.4. The monoisotopic (exact) mass is 447 g/mol. The van der Waals surface area contributed by atoms with Crippen molar-refractivity contribution in [3.63, 3.8) is 0 Å². The van der Waals surface area contributed by atoms with E-state index in [1.165, 1.54) is 11.8 Å². The van der Waals surface area contributed by atoms with Crippen molar-refractivity contribution in [3.05, 3.63) is 18.2 Å². The molecule has 4 atom stereocenters. The summed E-state index contributed by atoms with van der Waals surface area (Å²) < 4.78 is 11.1. The number of nitrogens with one attached hydrogen (secondary N) is 2. The van der Waals surface area contributed by atoms with Gasteiger partial charge in [-0.1, -0.05) is 20.3 Å². The number of carbonyl (C=O) groups excluding carboxylic acids is 3. The zero-order valence-electron chi connectivity index (χ0n) is 18.4. The Morgan fingerprint density at radius 2 is 1.84 bits per heavy atom. The Morgan fingerprint density at radius 3 is 2.50 bits per heavy atom. The highest BCUT2D eigenvalue weighted by molar-refractivity contribution is 6.01. The summed E-state index contributed by atoms with van der Waals surface area (Å²) in [5, 5.41) is 14.2. The molecule has 0 bridgehead atoms. The minimum atomic E-state index is -1.16. The van der Waals surface area contributed by atoms with Gasteiger partial charge in [0.25, 0.3) is 0 Å². The van der Waals surface area contributed by atoms with Crippen molar-refractivity contribution in [2.75, 3.05) is 24.7 Å². The van der Waals surface area contributed by atoms with Gasteiger partial charge in [-0.2, -0.15) is 0 Å². The minimum Gasteiger partial charge on any atom is -0.486 e. The minimum absolute atomic E-state index is 0.0145. The van der Waals surface area contributed by atoms with Gasteiger partial charge in [0.05, 0.1) is 5.92 Å². The number of benzene rings is 1. The molecule has 0 aliphatic carbocycles. The number of ether oxygens (including phenoxy) is 2. The van der Waals surface area contributed by atoms with Gasteiger partial charge < -0.3 is 30.1 Å². The van der Waals surface area contributed by atoms with Crippen molar-refractivity contribution in [1.82, 2.24) is 10.6 Å². The maximum atomic E-state index is 12.9. The third-order valence-electron chi connectivity index (χ3n) is 5.86. The number of anilines is 1. The van der Waals surface area contributed by atoms with Crippen molar-refractivity contribution in [2.45, 2.75) is 45.7 Å². The number of carboxylic acids is 1. The second-order valence-electron chi connectivity index (χ2n) is 8.17. The van der Waals surface area contributed by atoms with Crippen LogP contribution in [-0.4, -0.2) is 60.6 Å². The molecule has 10 nitrogen and oxygen atoms in total. The van der Waals surface area contributed by atoms with E-state index in [4.69, 9.17) is 14.6 Å². The zero-order chi connectivity index (χ0) is 23.4. The summed E-state index contributed by atoms with van der Waals surface area (Å²) in [7, 11) is 0. The average molecular weight is 447 g/mol. The molecule has 2 aliphatic rings. The lowest BCUT2D eigenvalue weighted by atomic mass is 9.96. The SMILES string of the molecule is CC[C@@H](C)[C@H](NC(=O)[C@@H]1CC(=O)N(c2ccc3c(c2)OCCO3)C1)C(=O)N[C@@H](C)C(=O)O. The van der Waals surface area contributed by atoms with Gasteiger partial charge in [-0.25, -0.2) is 0 Å². The Hall–Kier alpha value is -3.30. The summed E-state index contributed by atoms with van der Waals surface area (Å²) in [5.74, 6) is -2.03. The summed E-state index contributed by atoms with van der Waals surface area (Å²) in [6, 6.07) is 3.22. The van der Waals surface area contributed by atoms with E-state index >= 15 is 0 Å². The maximum absolute atomic E-state index is 12.9. The third-order valence-corrected chi connectivity index (χ3v) is 5.86. The van der Waals surface area contributed by atoms with Crippen LogP contribution >= 0.6 is 0 Å². The molecule has 0 unspecified atom stereocenters. The average Bonchev–Trinajstić information content (AvgIpc) is 3.17. The lowest BCUT2D eigenvalue weighted by Gasteiger charge is -2.26. The van der Waals surface area contributed by atoms with E-state index in [2.05, 4.69) is 10.6 Å². The van der Waals surface area contributed by atoms with Crippen molar-refractivity contribution in [1.29, 1.82) is 0 Å². The molecule has 174 valence electrons. The second-order valence-corrected chi connectivity index (χ2v) is 8.17. The van der Waals surface area contributed by atoms with E-state index in [0.29, 0.717) is 36.8 Å². The van der Waals surface area contributed by atoms with Crippen LogP contribution in [0.4, 0.5) is 5.69 Å². The first-order chi connectivity index (χ1) is 15.2. The summed E-state index contributed by atoms with van der Waals surface area (Å²) in [6.45, 7) is 6.10.